The number of carbonyl (C=O) groups is 1. The van der Waals surface area contributed by atoms with Crippen molar-refractivity contribution in [2.75, 3.05) is 20.2 Å². The van der Waals surface area contributed by atoms with E-state index in [0.29, 0.717) is 12.1 Å². The molecule has 2 bridgehead atoms. The molecule has 0 spiro atoms. The first-order valence-corrected chi connectivity index (χ1v) is 3.89. The van der Waals surface area contributed by atoms with Gasteiger partial charge in [0.05, 0.1) is 7.11 Å². The zero-order valence-corrected chi connectivity index (χ0v) is 6.54. The maximum absolute atomic E-state index is 11.1. The van der Waals surface area contributed by atoms with E-state index in [-0.39, 0.29) is 6.09 Å². The molecule has 0 aromatic carbocycles. The van der Waals surface area contributed by atoms with E-state index < -0.39 is 0 Å². The summed E-state index contributed by atoms with van der Waals surface area (Å²) in [6.07, 6.45) is 0.911. The van der Waals surface area contributed by atoms with E-state index in [0.717, 1.165) is 19.5 Å². The molecule has 0 aromatic heterocycles. The first-order valence-electron chi connectivity index (χ1n) is 3.89. The molecule has 0 aromatic rings. The Morgan fingerprint density at radius 1 is 1.73 bits per heavy atom. The van der Waals surface area contributed by atoms with E-state index in [9.17, 15) is 4.79 Å². The molecular weight excluding hydrogens is 144 g/mol. The Morgan fingerprint density at radius 3 is 3.00 bits per heavy atom. The molecule has 1 N–H and O–H groups in total. The first-order chi connectivity index (χ1) is 5.31. The number of piperazine rings is 1. The summed E-state index contributed by atoms with van der Waals surface area (Å²) in [7, 11) is 1.43. The number of ether oxygens (including phenoxy) is 1. The van der Waals surface area contributed by atoms with E-state index in [4.69, 9.17) is 0 Å². The van der Waals surface area contributed by atoms with Gasteiger partial charge in [-0.2, -0.15) is 0 Å². The predicted octanol–water partition coefficient (Wildman–Crippen LogP) is -0.201. The van der Waals surface area contributed by atoms with Gasteiger partial charge in [-0.15, -0.1) is 0 Å². The lowest BCUT2D eigenvalue weighted by atomic mass is 10.2. The number of rotatable bonds is 0. The van der Waals surface area contributed by atoms with E-state index in [2.05, 4.69) is 10.1 Å². The highest BCUT2D eigenvalue weighted by Gasteiger charge is 2.40. The third kappa shape index (κ3) is 0.976. The quantitative estimate of drug-likeness (QED) is 0.528. The van der Waals surface area contributed by atoms with Crippen molar-refractivity contribution in [3.63, 3.8) is 0 Å². The summed E-state index contributed by atoms with van der Waals surface area (Å²) < 4.78 is 4.65. The lowest BCUT2D eigenvalue weighted by molar-refractivity contribution is 0.113. The van der Waals surface area contributed by atoms with E-state index in [1.54, 1.807) is 4.90 Å². The van der Waals surface area contributed by atoms with Gasteiger partial charge < -0.3 is 15.0 Å². The maximum Gasteiger partial charge on any atom is 0.409 e. The Balaban J connectivity index is 2.02. The highest BCUT2D eigenvalue weighted by Crippen LogP contribution is 2.23. The zero-order valence-electron chi connectivity index (χ0n) is 6.54. The largest absolute Gasteiger partial charge is 0.453 e. The molecule has 11 heavy (non-hydrogen) atoms. The number of nitrogens with zero attached hydrogens (tertiary/aromatic N) is 1. The van der Waals surface area contributed by atoms with Crippen LogP contribution in [-0.2, 0) is 4.74 Å². The van der Waals surface area contributed by atoms with E-state index in [1.165, 1.54) is 7.11 Å². The summed E-state index contributed by atoms with van der Waals surface area (Å²) in [5.74, 6) is 0. The second kappa shape index (κ2) is 2.37. The molecule has 2 aliphatic rings. The molecule has 1 amide bonds. The van der Waals surface area contributed by atoms with Gasteiger partial charge in [0.25, 0.3) is 0 Å². The third-order valence-electron chi connectivity index (χ3n) is 2.47. The Labute approximate surface area is 65.5 Å². The monoisotopic (exact) mass is 156 g/mol. The van der Waals surface area contributed by atoms with Crippen LogP contribution in [0, 0.1) is 0 Å². The van der Waals surface area contributed by atoms with E-state index in [1.807, 2.05) is 0 Å². The van der Waals surface area contributed by atoms with Gasteiger partial charge in [0, 0.05) is 25.2 Å². The fourth-order valence-corrected chi connectivity index (χ4v) is 1.90. The fraction of sp³-hybridized carbons (Fsp3) is 0.857. The Hall–Kier alpha value is -0.770. The standard InChI is InChI=1S/C7H12N2O2/c1-11-7(10)9-4-5-2-6(9)3-8-5/h5-6,8H,2-4H2,1H3/t5-,6-/m0/s1. The van der Waals surface area contributed by atoms with Crippen molar-refractivity contribution in [2.45, 2.75) is 18.5 Å². The number of methoxy groups -OCH3 is 1. The Kier molecular flexibility index (Phi) is 1.49. The minimum atomic E-state index is -0.181. The molecule has 0 radical (unpaired) electrons. The van der Waals surface area contributed by atoms with Gasteiger partial charge in [0.1, 0.15) is 0 Å². The topological polar surface area (TPSA) is 41.6 Å². The number of carbonyl (C=O) groups excluding carboxylic acids is 1. The van der Waals surface area contributed by atoms with Crippen LogP contribution >= 0.6 is 0 Å². The SMILES string of the molecule is COC(=O)N1C[C@@H]2C[C@H]1CN2. The van der Waals surface area contributed by atoms with Crippen LogP contribution in [0.1, 0.15) is 6.42 Å². The van der Waals surface area contributed by atoms with Gasteiger partial charge in [-0.3, -0.25) is 0 Å². The summed E-state index contributed by atoms with van der Waals surface area (Å²) >= 11 is 0. The third-order valence-corrected chi connectivity index (χ3v) is 2.47. The van der Waals surface area contributed by atoms with Crippen molar-refractivity contribution in [3.8, 4) is 0 Å². The minimum Gasteiger partial charge on any atom is -0.453 e. The summed E-state index contributed by atoms with van der Waals surface area (Å²) in [5.41, 5.74) is 0. The van der Waals surface area contributed by atoms with Crippen LogP contribution in [0.25, 0.3) is 0 Å². The number of fused-ring (bicyclic) bond motifs is 2. The van der Waals surface area contributed by atoms with Crippen molar-refractivity contribution in [1.29, 1.82) is 0 Å². The van der Waals surface area contributed by atoms with Crippen LogP contribution in [0.5, 0.6) is 0 Å². The molecule has 0 aliphatic carbocycles. The lowest BCUT2D eigenvalue weighted by Gasteiger charge is -2.25. The average Bonchev–Trinajstić information content (AvgIpc) is 2.62. The van der Waals surface area contributed by atoms with Gasteiger partial charge in [-0.1, -0.05) is 0 Å². The molecule has 2 fully saturated rings. The number of likely N-dealkylation sites (tertiary alicyclic amines) is 1. The molecule has 2 heterocycles. The molecular formula is C7H12N2O2. The van der Waals surface area contributed by atoms with Crippen molar-refractivity contribution < 1.29 is 9.53 Å². The molecule has 4 nitrogen and oxygen atoms in total. The van der Waals surface area contributed by atoms with Crippen LogP contribution < -0.4 is 5.32 Å². The van der Waals surface area contributed by atoms with Gasteiger partial charge in [0.2, 0.25) is 0 Å². The summed E-state index contributed by atoms with van der Waals surface area (Å²) in [4.78, 5) is 12.9. The van der Waals surface area contributed by atoms with Gasteiger partial charge in [-0.05, 0) is 6.42 Å². The van der Waals surface area contributed by atoms with Gasteiger partial charge in [0.15, 0.2) is 0 Å². The number of hydrogen-bond acceptors (Lipinski definition) is 3. The second-order valence-electron chi connectivity index (χ2n) is 3.12. The summed E-state index contributed by atoms with van der Waals surface area (Å²) in [5, 5.41) is 3.32. The van der Waals surface area contributed by atoms with Crippen molar-refractivity contribution in [3.05, 3.63) is 0 Å². The maximum atomic E-state index is 11.1. The zero-order chi connectivity index (χ0) is 7.84. The van der Waals surface area contributed by atoms with Crippen molar-refractivity contribution >= 4 is 6.09 Å². The summed E-state index contributed by atoms with van der Waals surface area (Å²) in [6.45, 7) is 1.75. The minimum absolute atomic E-state index is 0.181. The molecule has 2 saturated heterocycles. The highest BCUT2D eigenvalue weighted by molar-refractivity contribution is 5.68. The normalized spacial score (nSPS) is 34.5. The highest BCUT2D eigenvalue weighted by atomic mass is 16.5. The van der Waals surface area contributed by atoms with Crippen LogP contribution in [0.2, 0.25) is 0 Å². The molecule has 2 atom stereocenters. The van der Waals surface area contributed by atoms with Crippen LogP contribution in [-0.4, -0.2) is 43.3 Å². The van der Waals surface area contributed by atoms with Gasteiger partial charge in [-0.25, -0.2) is 4.79 Å². The Morgan fingerprint density at radius 2 is 2.55 bits per heavy atom. The van der Waals surface area contributed by atoms with E-state index >= 15 is 0 Å². The van der Waals surface area contributed by atoms with Crippen molar-refractivity contribution in [1.82, 2.24) is 10.2 Å². The second-order valence-corrected chi connectivity index (χ2v) is 3.12. The fourth-order valence-electron chi connectivity index (χ4n) is 1.90. The van der Waals surface area contributed by atoms with Crippen molar-refractivity contribution in [2.24, 2.45) is 0 Å². The van der Waals surface area contributed by atoms with Crippen LogP contribution in [0.3, 0.4) is 0 Å². The molecule has 0 unspecified atom stereocenters. The molecule has 4 heteroatoms. The number of amides is 1. The smallest absolute Gasteiger partial charge is 0.409 e. The van der Waals surface area contributed by atoms with Gasteiger partial charge >= 0.3 is 6.09 Å². The molecule has 2 aliphatic heterocycles. The molecule has 2 rings (SSSR count). The van der Waals surface area contributed by atoms with Crippen LogP contribution in [0.4, 0.5) is 4.79 Å². The Bertz CT molecular complexity index is 183. The molecule has 62 valence electrons. The number of hydrogen-bond donors (Lipinski definition) is 1. The van der Waals surface area contributed by atoms with Crippen LogP contribution in [0.15, 0.2) is 0 Å². The molecule has 0 saturated carbocycles. The summed E-state index contributed by atoms with van der Waals surface area (Å²) in [6, 6.07) is 0.895. The first kappa shape index (κ1) is 6.91. The number of nitrogens with one attached hydrogen (secondary N) is 1. The lowest BCUT2D eigenvalue weighted by Crippen LogP contribution is -2.46. The predicted molar refractivity (Wildman–Crippen MR) is 39.3 cm³/mol. The average molecular weight is 156 g/mol.